The largest absolute Gasteiger partial charge is 0.481 e. The molecule has 2 aromatic rings. The van der Waals surface area contributed by atoms with Gasteiger partial charge in [-0.15, -0.1) is 0 Å². The predicted molar refractivity (Wildman–Crippen MR) is 91.4 cm³/mol. The first kappa shape index (κ1) is 17.6. The molecule has 2 saturated heterocycles. The van der Waals surface area contributed by atoms with Gasteiger partial charge in [-0.2, -0.15) is 4.98 Å². The summed E-state index contributed by atoms with van der Waals surface area (Å²) < 4.78 is 10.6. The van der Waals surface area contributed by atoms with Crippen LogP contribution in [0.15, 0.2) is 29.0 Å². The Balaban J connectivity index is 1.29. The highest BCUT2D eigenvalue weighted by Gasteiger charge is 2.57. The summed E-state index contributed by atoms with van der Waals surface area (Å²) >= 11 is 0. The summed E-state index contributed by atoms with van der Waals surface area (Å²) in [6.07, 6.45) is 4.69. The summed E-state index contributed by atoms with van der Waals surface area (Å²) in [7, 11) is 0. The molecular formula is C18H20N4O5. The lowest BCUT2D eigenvalue weighted by Gasteiger charge is -2.21. The van der Waals surface area contributed by atoms with Gasteiger partial charge in [0.25, 0.3) is 0 Å². The molecule has 0 aliphatic carbocycles. The summed E-state index contributed by atoms with van der Waals surface area (Å²) in [5, 5.41) is 13.5. The number of aliphatic carboxylic acids is 1. The maximum atomic E-state index is 12.5. The molecular weight excluding hydrogens is 352 g/mol. The Bertz CT molecular complexity index is 839. The molecule has 0 saturated carbocycles. The zero-order chi connectivity index (χ0) is 18.9. The topological polar surface area (TPSA) is 119 Å². The first-order valence-corrected chi connectivity index (χ1v) is 8.90. The van der Waals surface area contributed by atoms with Crippen molar-refractivity contribution >= 4 is 11.9 Å². The summed E-state index contributed by atoms with van der Waals surface area (Å²) in [6.45, 7) is 1.24. The van der Waals surface area contributed by atoms with Crippen molar-refractivity contribution in [2.75, 3.05) is 26.3 Å². The molecule has 1 amide bonds. The smallest absolute Gasteiger partial charge is 0.314 e. The minimum Gasteiger partial charge on any atom is -0.481 e. The number of aryl methyl sites for hydroxylation is 1. The minimum atomic E-state index is -0.944. The molecule has 2 aromatic heterocycles. The summed E-state index contributed by atoms with van der Waals surface area (Å²) in [4.78, 5) is 34.1. The number of amides is 1. The number of carbonyl (C=O) groups excluding carboxylic acids is 1. The number of carboxylic acid groups (broad SMARTS) is 1. The van der Waals surface area contributed by atoms with Crippen LogP contribution >= 0.6 is 0 Å². The molecule has 9 heteroatoms. The molecule has 0 unspecified atom stereocenters. The molecule has 0 radical (unpaired) electrons. The number of carboxylic acids is 1. The van der Waals surface area contributed by atoms with E-state index in [1.165, 1.54) is 0 Å². The molecule has 1 N–H and O–H groups in total. The van der Waals surface area contributed by atoms with Crippen molar-refractivity contribution in [3.05, 3.63) is 30.4 Å². The number of aromatic nitrogens is 3. The monoisotopic (exact) mass is 372 g/mol. The van der Waals surface area contributed by atoms with Crippen LogP contribution < -0.4 is 0 Å². The van der Waals surface area contributed by atoms with E-state index in [1.54, 1.807) is 23.4 Å². The van der Waals surface area contributed by atoms with Crippen molar-refractivity contribution < 1.29 is 24.0 Å². The van der Waals surface area contributed by atoms with Crippen LogP contribution in [0, 0.1) is 11.3 Å². The molecule has 2 aliphatic heterocycles. The number of nitrogens with zero attached hydrogens (tertiary/aromatic N) is 4. The second-order valence-corrected chi connectivity index (χ2v) is 7.05. The molecule has 0 aromatic carbocycles. The highest BCUT2D eigenvalue weighted by molar-refractivity contribution is 5.81. The van der Waals surface area contributed by atoms with Crippen molar-refractivity contribution in [2.45, 2.75) is 19.3 Å². The number of hydrogen-bond acceptors (Lipinski definition) is 7. The van der Waals surface area contributed by atoms with Gasteiger partial charge in [-0.3, -0.25) is 14.6 Å². The third-order valence-corrected chi connectivity index (χ3v) is 5.32. The van der Waals surface area contributed by atoms with Crippen LogP contribution in [0.1, 0.15) is 18.7 Å². The van der Waals surface area contributed by atoms with Crippen LogP contribution in [0.5, 0.6) is 0 Å². The number of fused-ring (bicyclic) bond motifs is 1. The highest BCUT2D eigenvalue weighted by atomic mass is 16.5. The van der Waals surface area contributed by atoms with Crippen molar-refractivity contribution in [1.29, 1.82) is 0 Å². The fraction of sp³-hybridized carbons (Fsp3) is 0.500. The number of hydrogen-bond donors (Lipinski definition) is 1. The standard InChI is InChI=1S/C18H20N4O5/c23-15(22-8-13-9-26-11-18(13,10-22)17(24)25)5-1-4-14-20-16(21-27-14)12-3-2-6-19-7-12/h2-3,6-7,13H,1,4-5,8-11H2,(H,24,25)/t13-,18-/m1/s1. The highest BCUT2D eigenvalue weighted by Crippen LogP contribution is 2.41. The van der Waals surface area contributed by atoms with Gasteiger partial charge in [0.2, 0.25) is 17.6 Å². The van der Waals surface area contributed by atoms with Crippen LogP contribution in [0.2, 0.25) is 0 Å². The van der Waals surface area contributed by atoms with Gasteiger partial charge < -0.3 is 19.3 Å². The van der Waals surface area contributed by atoms with E-state index in [2.05, 4.69) is 15.1 Å². The van der Waals surface area contributed by atoms with E-state index in [4.69, 9.17) is 9.26 Å². The van der Waals surface area contributed by atoms with E-state index >= 15 is 0 Å². The van der Waals surface area contributed by atoms with Crippen LogP contribution in [-0.2, 0) is 20.7 Å². The molecule has 142 valence electrons. The van der Waals surface area contributed by atoms with Crippen molar-refractivity contribution in [3.8, 4) is 11.4 Å². The van der Waals surface area contributed by atoms with Gasteiger partial charge in [0.15, 0.2) is 0 Å². The number of rotatable bonds is 6. The first-order valence-electron chi connectivity index (χ1n) is 8.90. The zero-order valence-corrected chi connectivity index (χ0v) is 14.7. The van der Waals surface area contributed by atoms with E-state index in [-0.39, 0.29) is 25.0 Å². The molecule has 4 heterocycles. The van der Waals surface area contributed by atoms with E-state index in [9.17, 15) is 14.7 Å². The number of carbonyl (C=O) groups is 2. The van der Waals surface area contributed by atoms with Gasteiger partial charge in [-0.1, -0.05) is 5.16 Å². The van der Waals surface area contributed by atoms with Gasteiger partial charge in [0.05, 0.1) is 13.2 Å². The molecule has 0 spiro atoms. The molecule has 27 heavy (non-hydrogen) atoms. The minimum absolute atomic E-state index is 0.0444. The summed E-state index contributed by atoms with van der Waals surface area (Å²) in [6, 6.07) is 3.64. The summed E-state index contributed by atoms with van der Waals surface area (Å²) in [5.41, 5.74) is -0.172. The molecule has 9 nitrogen and oxygen atoms in total. The van der Waals surface area contributed by atoms with Crippen molar-refractivity contribution in [3.63, 3.8) is 0 Å². The Kier molecular flexibility index (Phi) is 4.61. The van der Waals surface area contributed by atoms with Crippen LogP contribution in [0.4, 0.5) is 0 Å². The van der Waals surface area contributed by atoms with Gasteiger partial charge in [-0.25, -0.2) is 0 Å². The first-order chi connectivity index (χ1) is 13.1. The van der Waals surface area contributed by atoms with Gasteiger partial charge in [0.1, 0.15) is 5.41 Å². The SMILES string of the molecule is O=C(CCCc1nc(-c2cccnc2)no1)N1C[C@@H]2COC[C@]2(C(=O)O)C1. The lowest BCUT2D eigenvalue weighted by Crippen LogP contribution is -2.40. The van der Waals surface area contributed by atoms with Gasteiger partial charge in [-0.05, 0) is 18.6 Å². The third kappa shape index (κ3) is 3.30. The fourth-order valence-corrected chi connectivity index (χ4v) is 3.75. The van der Waals surface area contributed by atoms with Crippen molar-refractivity contribution in [2.24, 2.45) is 11.3 Å². The van der Waals surface area contributed by atoms with Crippen LogP contribution in [0.3, 0.4) is 0 Å². The Morgan fingerprint density at radius 2 is 2.30 bits per heavy atom. The number of likely N-dealkylation sites (tertiary alicyclic amines) is 1. The van der Waals surface area contributed by atoms with E-state index in [1.807, 2.05) is 6.07 Å². The lowest BCUT2D eigenvalue weighted by atomic mass is 9.81. The average Bonchev–Trinajstić information content (AvgIpc) is 3.36. The van der Waals surface area contributed by atoms with E-state index in [0.29, 0.717) is 44.1 Å². The van der Waals surface area contributed by atoms with E-state index < -0.39 is 11.4 Å². The maximum absolute atomic E-state index is 12.5. The zero-order valence-electron chi connectivity index (χ0n) is 14.7. The maximum Gasteiger partial charge on any atom is 0.314 e. The lowest BCUT2D eigenvalue weighted by molar-refractivity contribution is -0.149. The second kappa shape index (κ2) is 7.07. The number of ether oxygens (including phenoxy) is 1. The molecule has 2 atom stereocenters. The molecule has 0 bridgehead atoms. The second-order valence-electron chi connectivity index (χ2n) is 7.05. The van der Waals surface area contributed by atoms with Crippen LogP contribution in [-0.4, -0.2) is 63.3 Å². The van der Waals surface area contributed by atoms with Gasteiger partial charge in [0, 0.05) is 49.8 Å². The third-order valence-electron chi connectivity index (χ3n) is 5.32. The average molecular weight is 372 g/mol. The molecule has 2 fully saturated rings. The Hall–Kier alpha value is -2.81. The molecule has 4 rings (SSSR count). The van der Waals surface area contributed by atoms with E-state index in [0.717, 1.165) is 5.56 Å². The predicted octanol–water partition coefficient (Wildman–Crippen LogP) is 1.01. The fourth-order valence-electron chi connectivity index (χ4n) is 3.75. The van der Waals surface area contributed by atoms with Crippen molar-refractivity contribution in [1.82, 2.24) is 20.0 Å². The summed E-state index contributed by atoms with van der Waals surface area (Å²) in [5.74, 6) is -0.112. The Morgan fingerprint density at radius 3 is 3.04 bits per heavy atom. The van der Waals surface area contributed by atoms with Gasteiger partial charge >= 0.3 is 5.97 Å². The normalized spacial score (nSPS) is 24.1. The number of pyridine rings is 1. The quantitative estimate of drug-likeness (QED) is 0.798. The Morgan fingerprint density at radius 1 is 1.41 bits per heavy atom. The van der Waals surface area contributed by atoms with Crippen LogP contribution in [0.25, 0.3) is 11.4 Å². The Labute approximate surface area is 155 Å². The molecule has 2 aliphatic rings.